The van der Waals surface area contributed by atoms with Crippen molar-refractivity contribution >= 4 is 45.8 Å². The van der Waals surface area contributed by atoms with E-state index < -0.39 is 17.9 Å². The Labute approximate surface area is 419 Å². The zero-order chi connectivity index (χ0) is 50.4. The van der Waals surface area contributed by atoms with Gasteiger partial charge in [-0.05, 0) is 155 Å². The molecule has 2 saturated carbocycles. The van der Waals surface area contributed by atoms with Gasteiger partial charge in [-0.25, -0.2) is 9.97 Å². The summed E-state index contributed by atoms with van der Waals surface area (Å²) in [7, 11) is 0. The Hall–Kier alpha value is -7.86. The molecule has 2 fully saturated rings. The van der Waals surface area contributed by atoms with E-state index >= 15 is 0 Å². The van der Waals surface area contributed by atoms with Gasteiger partial charge in [-0.1, -0.05) is 90.5 Å². The number of carboxylic acid groups (broad SMARTS) is 2. The predicted octanol–water partition coefficient (Wildman–Crippen LogP) is 11.8. The highest BCUT2D eigenvalue weighted by Gasteiger charge is 2.35. The van der Waals surface area contributed by atoms with Crippen molar-refractivity contribution < 1.29 is 29.4 Å². The average molecular weight is 961 g/mol. The third kappa shape index (κ3) is 9.29. The van der Waals surface area contributed by atoms with Crippen LogP contribution in [-0.4, -0.2) is 65.2 Å². The summed E-state index contributed by atoms with van der Waals surface area (Å²) in [6.45, 7) is 11.4. The largest absolute Gasteiger partial charge is 0.481 e. The molecule has 2 aromatic heterocycles. The number of carboxylic acids is 2. The third-order valence-corrected chi connectivity index (χ3v) is 15.1. The van der Waals surface area contributed by atoms with Crippen molar-refractivity contribution in [3.05, 3.63) is 155 Å². The molecule has 12 nitrogen and oxygen atoms in total. The molecule has 72 heavy (non-hydrogen) atoms. The molecule has 6 aromatic carbocycles. The minimum Gasteiger partial charge on any atom is -0.481 e. The van der Waals surface area contributed by atoms with Gasteiger partial charge in [0.2, 0.25) is 0 Å². The number of fused-ring (bicyclic) bond motifs is 2. The van der Waals surface area contributed by atoms with Crippen LogP contribution in [0, 0.1) is 32.6 Å². The maximum Gasteiger partial charge on any atom is 0.306 e. The second-order valence-corrected chi connectivity index (χ2v) is 20.0. The fourth-order valence-electron chi connectivity index (χ4n) is 11.2. The number of aromatic nitrogens is 4. The van der Waals surface area contributed by atoms with Crippen LogP contribution >= 0.6 is 0 Å². The molecule has 12 heteroatoms. The van der Waals surface area contributed by atoms with Crippen molar-refractivity contribution in [1.29, 1.82) is 0 Å². The number of hydrogen-bond donors (Lipinski definition) is 4. The SMILES string of the molecule is CCn1c(-c2ccccc2-c2ccc(CC(C)n3c(-c4ccccc4-c4ccc(C)cc4C)nc4cc(C(=O)NC5CC(C(=O)O)C5)ccc43)cc2C)nc2cc(C(=O)NC3CCC(C(=O)O)CC3)ccc21. The average Bonchev–Trinajstić information content (AvgIpc) is 3.93. The quantitative estimate of drug-likeness (QED) is 0.0835. The van der Waals surface area contributed by atoms with Gasteiger partial charge in [0.15, 0.2) is 0 Å². The Morgan fingerprint density at radius 1 is 0.583 bits per heavy atom. The number of nitrogens with one attached hydrogen (secondary N) is 2. The van der Waals surface area contributed by atoms with Crippen LogP contribution in [0.2, 0.25) is 0 Å². The molecule has 1 atom stereocenters. The first-order chi connectivity index (χ1) is 34.7. The molecule has 2 aliphatic rings. The zero-order valence-corrected chi connectivity index (χ0v) is 41.4. The molecule has 2 amide bonds. The highest BCUT2D eigenvalue weighted by Crippen LogP contribution is 2.40. The molecule has 366 valence electrons. The van der Waals surface area contributed by atoms with E-state index in [0.29, 0.717) is 68.1 Å². The third-order valence-electron chi connectivity index (χ3n) is 15.1. The monoisotopic (exact) mass is 960 g/mol. The zero-order valence-electron chi connectivity index (χ0n) is 41.4. The summed E-state index contributed by atoms with van der Waals surface area (Å²) in [6.07, 6.45) is 3.97. The van der Waals surface area contributed by atoms with Gasteiger partial charge >= 0.3 is 11.9 Å². The van der Waals surface area contributed by atoms with Crippen LogP contribution in [0.5, 0.6) is 0 Å². The van der Waals surface area contributed by atoms with Gasteiger partial charge in [-0.2, -0.15) is 0 Å². The van der Waals surface area contributed by atoms with Crippen LogP contribution in [0.1, 0.15) is 101 Å². The summed E-state index contributed by atoms with van der Waals surface area (Å²) < 4.78 is 4.50. The fraction of sp³-hybridized carbons (Fsp3) is 0.300. The van der Waals surface area contributed by atoms with E-state index in [2.05, 4.69) is 127 Å². The molecule has 0 bridgehead atoms. The van der Waals surface area contributed by atoms with Gasteiger partial charge in [0, 0.05) is 46.9 Å². The molecule has 8 aromatic rings. The molecule has 4 N–H and O–H groups in total. The standard InChI is InChI=1S/C60H60N6O6/c1-6-65-53-25-19-40(57(67)61-43-21-17-39(18-22-43)59(69)70)32-51(53)63-55(65)49-13-9-7-11-47(49)46-24-16-38(28-36(46)4)29-37(5)66-54-26-20-41(58(68)62-44-30-42(31-44)60(71)72)33-52(54)64-56(66)50-14-10-8-12-48(50)45-23-15-34(2)27-35(45)3/h7-16,19-20,23-28,32-33,37,39,42-44H,6,17-18,21-22,29-31H2,1-5H3,(H,61,67)(H,62,68)(H,69,70)(H,71,72). The molecule has 0 spiro atoms. The second-order valence-electron chi connectivity index (χ2n) is 20.0. The lowest BCUT2D eigenvalue weighted by Crippen LogP contribution is -2.46. The summed E-state index contributed by atoms with van der Waals surface area (Å²) >= 11 is 0. The summed E-state index contributed by atoms with van der Waals surface area (Å²) in [5, 5.41) is 25.0. The first-order valence-corrected chi connectivity index (χ1v) is 25.2. The van der Waals surface area contributed by atoms with E-state index in [1.54, 1.807) is 0 Å². The van der Waals surface area contributed by atoms with Crippen LogP contribution in [0.25, 0.3) is 67.1 Å². The van der Waals surface area contributed by atoms with Crippen LogP contribution in [0.15, 0.2) is 121 Å². The minimum absolute atomic E-state index is 0.0531. The van der Waals surface area contributed by atoms with E-state index in [0.717, 1.165) is 72.7 Å². The Balaban J connectivity index is 0.951. The number of amides is 2. The first-order valence-electron chi connectivity index (χ1n) is 25.2. The molecule has 1 unspecified atom stereocenters. The Bertz CT molecular complexity index is 3430. The van der Waals surface area contributed by atoms with Crippen LogP contribution in [0.3, 0.4) is 0 Å². The Morgan fingerprint density at radius 2 is 1.11 bits per heavy atom. The Morgan fingerprint density at radius 3 is 1.69 bits per heavy atom. The van der Waals surface area contributed by atoms with Crippen molar-refractivity contribution in [3.8, 4) is 45.0 Å². The minimum atomic E-state index is -0.825. The number of aliphatic carboxylic acids is 2. The maximum atomic E-state index is 13.5. The van der Waals surface area contributed by atoms with Crippen molar-refractivity contribution in [1.82, 2.24) is 29.7 Å². The van der Waals surface area contributed by atoms with Crippen molar-refractivity contribution in [2.24, 2.45) is 11.8 Å². The summed E-state index contributed by atoms with van der Waals surface area (Å²) in [5.41, 5.74) is 15.3. The summed E-state index contributed by atoms with van der Waals surface area (Å²) in [6, 6.07) is 41.0. The molecular formula is C60H60N6O6. The van der Waals surface area contributed by atoms with Gasteiger partial charge in [0.05, 0.1) is 33.9 Å². The van der Waals surface area contributed by atoms with Gasteiger partial charge in [0.25, 0.3) is 11.8 Å². The number of rotatable bonds is 14. The van der Waals surface area contributed by atoms with E-state index in [4.69, 9.17) is 9.97 Å². The molecule has 0 radical (unpaired) electrons. The van der Waals surface area contributed by atoms with Crippen molar-refractivity contribution in [2.75, 3.05) is 0 Å². The summed E-state index contributed by atoms with van der Waals surface area (Å²) in [5.74, 6) is -1.14. The first kappa shape index (κ1) is 47.8. The number of hydrogen-bond acceptors (Lipinski definition) is 6. The van der Waals surface area contributed by atoms with E-state index in [9.17, 15) is 29.4 Å². The van der Waals surface area contributed by atoms with Crippen LogP contribution in [0.4, 0.5) is 0 Å². The number of carbonyl (C=O) groups excluding carboxylic acids is 2. The lowest BCUT2D eigenvalue weighted by Gasteiger charge is -2.32. The van der Waals surface area contributed by atoms with Gasteiger partial charge < -0.3 is 30.0 Å². The van der Waals surface area contributed by atoms with E-state index in [1.807, 2.05) is 48.5 Å². The highest BCUT2D eigenvalue weighted by atomic mass is 16.4. The Kier molecular flexibility index (Phi) is 13.1. The molecular weight excluding hydrogens is 901 g/mol. The smallest absolute Gasteiger partial charge is 0.306 e. The predicted molar refractivity (Wildman–Crippen MR) is 282 cm³/mol. The molecule has 2 aliphatic carbocycles. The number of imidazole rings is 2. The second kappa shape index (κ2) is 19.7. The van der Waals surface area contributed by atoms with Crippen molar-refractivity contribution in [2.45, 2.75) is 104 Å². The molecule has 10 rings (SSSR count). The fourth-order valence-corrected chi connectivity index (χ4v) is 11.2. The highest BCUT2D eigenvalue weighted by molar-refractivity contribution is 6.00. The lowest BCUT2D eigenvalue weighted by molar-refractivity contribution is -0.145. The van der Waals surface area contributed by atoms with Crippen LogP contribution in [-0.2, 0) is 22.6 Å². The number of aryl methyl sites for hydroxylation is 4. The number of nitrogens with zero attached hydrogens (tertiary/aromatic N) is 4. The lowest BCUT2D eigenvalue weighted by atomic mass is 9.80. The summed E-state index contributed by atoms with van der Waals surface area (Å²) in [4.78, 5) is 60.4. The number of carbonyl (C=O) groups is 4. The number of benzene rings is 6. The molecule has 0 saturated heterocycles. The molecule has 2 heterocycles. The maximum absolute atomic E-state index is 13.5. The normalized spacial score (nSPS) is 18.1. The van der Waals surface area contributed by atoms with Crippen LogP contribution < -0.4 is 10.6 Å². The topological polar surface area (TPSA) is 168 Å². The van der Waals surface area contributed by atoms with Gasteiger partial charge in [0.1, 0.15) is 11.6 Å². The van der Waals surface area contributed by atoms with Crippen molar-refractivity contribution in [3.63, 3.8) is 0 Å². The van der Waals surface area contributed by atoms with Gasteiger partial charge in [-0.3, -0.25) is 19.2 Å². The van der Waals surface area contributed by atoms with E-state index in [-0.39, 0.29) is 35.9 Å². The molecule has 0 aliphatic heterocycles. The van der Waals surface area contributed by atoms with Gasteiger partial charge in [-0.15, -0.1) is 0 Å². The van der Waals surface area contributed by atoms with E-state index in [1.165, 1.54) is 11.1 Å².